The van der Waals surface area contributed by atoms with Gasteiger partial charge in [0.15, 0.2) is 0 Å². The molecule has 109 heavy (non-hydrogen) atoms. The largest absolute Gasteiger partial charge is 0.311 e. The Hall–Kier alpha value is -14.3. The number of hydrogen-bond acceptors (Lipinski definition) is 3. The molecule has 512 valence electrons. The molecule has 3 heterocycles. The van der Waals surface area contributed by atoms with E-state index in [0.29, 0.717) is 0 Å². The van der Waals surface area contributed by atoms with Gasteiger partial charge in [0.1, 0.15) is 0 Å². The summed E-state index contributed by atoms with van der Waals surface area (Å²) in [7, 11) is 0. The average Bonchev–Trinajstić information content (AvgIpc) is 1.55. The Balaban J connectivity index is 0.000000115. The summed E-state index contributed by atoms with van der Waals surface area (Å²) in [6.45, 7) is 0. The molecular formula is C105H72N4. The molecule has 0 spiro atoms. The van der Waals surface area contributed by atoms with Gasteiger partial charge in [-0.3, -0.25) is 9.97 Å². The third-order valence-corrected chi connectivity index (χ3v) is 21.7. The number of pyridine rings is 2. The van der Waals surface area contributed by atoms with E-state index in [-0.39, 0.29) is 0 Å². The number of para-hydroxylation sites is 3. The van der Waals surface area contributed by atoms with E-state index in [2.05, 4.69) is 432 Å². The summed E-state index contributed by atoms with van der Waals surface area (Å²) in [5.41, 5.74) is 28.5. The highest BCUT2D eigenvalue weighted by atomic mass is 15.1. The lowest BCUT2D eigenvalue weighted by atomic mass is 9.68. The highest BCUT2D eigenvalue weighted by molar-refractivity contribution is 6.15. The monoisotopic (exact) mass is 1390 g/mol. The van der Waals surface area contributed by atoms with E-state index in [1.54, 1.807) is 0 Å². The molecule has 0 fully saturated rings. The average molecular weight is 1390 g/mol. The maximum atomic E-state index is 4.67. The zero-order valence-electron chi connectivity index (χ0n) is 59.9. The fraction of sp³-hybridized carbons (Fsp3) is 0.00952. The zero-order chi connectivity index (χ0) is 72.5. The van der Waals surface area contributed by atoms with Gasteiger partial charge in [-0.1, -0.05) is 340 Å². The van der Waals surface area contributed by atoms with Crippen molar-refractivity contribution in [2.75, 3.05) is 4.90 Å². The van der Waals surface area contributed by atoms with E-state index in [0.717, 1.165) is 38.9 Å². The van der Waals surface area contributed by atoms with Crippen molar-refractivity contribution in [3.8, 4) is 72.4 Å². The second-order valence-corrected chi connectivity index (χ2v) is 27.8. The molecule has 4 heteroatoms. The minimum Gasteiger partial charge on any atom is -0.311 e. The van der Waals surface area contributed by atoms with Crippen LogP contribution in [0.15, 0.2) is 437 Å². The van der Waals surface area contributed by atoms with Gasteiger partial charge in [0.2, 0.25) is 0 Å². The number of fused-ring (bicyclic) bond motifs is 12. The molecule has 1 aliphatic rings. The van der Waals surface area contributed by atoms with E-state index < -0.39 is 5.41 Å². The maximum Gasteiger partial charge on any atom is 0.0970 e. The topological polar surface area (TPSA) is 34.0 Å². The van der Waals surface area contributed by atoms with Crippen molar-refractivity contribution in [3.63, 3.8) is 0 Å². The summed E-state index contributed by atoms with van der Waals surface area (Å²) in [6.07, 6.45) is 3.75. The lowest BCUT2D eigenvalue weighted by molar-refractivity contribution is 0.768. The Kier molecular flexibility index (Phi) is 17.2. The molecule has 0 atom stereocenters. The quantitative estimate of drug-likeness (QED) is 0.121. The summed E-state index contributed by atoms with van der Waals surface area (Å²) in [4.78, 5) is 11.7. The van der Waals surface area contributed by atoms with Crippen molar-refractivity contribution in [3.05, 3.63) is 459 Å². The van der Waals surface area contributed by atoms with Crippen LogP contribution in [0.3, 0.4) is 0 Å². The predicted molar refractivity (Wildman–Crippen MR) is 458 cm³/mol. The van der Waals surface area contributed by atoms with Gasteiger partial charge in [0, 0.05) is 56.7 Å². The van der Waals surface area contributed by atoms with Gasteiger partial charge in [-0.15, -0.1) is 0 Å². The van der Waals surface area contributed by atoms with Crippen LogP contribution in [0.2, 0.25) is 0 Å². The Morgan fingerprint density at radius 3 is 1.21 bits per heavy atom. The first-order valence-corrected chi connectivity index (χ1v) is 37.3. The summed E-state index contributed by atoms with van der Waals surface area (Å²) >= 11 is 0. The first-order valence-electron chi connectivity index (χ1n) is 37.3. The van der Waals surface area contributed by atoms with Crippen LogP contribution in [0.4, 0.5) is 17.1 Å². The molecule has 0 N–H and O–H groups in total. The predicted octanol–water partition coefficient (Wildman–Crippen LogP) is 27.7. The third-order valence-electron chi connectivity index (χ3n) is 21.7. The molecular weight excluding hydrogens is 1320 g/mol. The van der Waals surface area contributed by atoms with Gasteiger partial charge in [-0.25, -0.2) is 0 Å². The molecule has 4 nitrogen and oxygen atoms in total. The molecule has 0 bridgehead atoms. The molecule has 0 saturated carbocycles. The lowest BCUT2D eigenvalue weighted by Gasteiger charge is -2.34. The van der Waals surface area contributed by atoms with Crippen molar-refractivity contribution in [2.45, 2.75) is 5.41 Å². The summed E-state index contributed by atoms with van der Waals surface area (Å²) in [6, 6.07) is 152. The molecule has 0 aliphatic heterocycles. The molecule has 0 amide bonds. The van der Waals surface area contributed by atoms with Crippen molar-refractivity contribution < 1.29 is 0 Å². The van der Waals surface area contributed by atoms with Crippen LogP contribution in [0.1, 0.15) is 22.3 Å². The van der Waals surface area contributed by atoms with E-state index in [4.69, 9.17) is 0 Å². The highest BCUT2D eigenvalue weighted by Crippen LogP contribution is 2.56. The maximum absolute atomic E-state index is 4.67. The van der Waals surface area contributed by atoms with E-state index in [1.807, 2.05) is 24.5 Å². The van der Waals surface area contributed by atoms with Crippen LogP contribution in [0.5, 0.6) is 0 Å². The van der Waals surface area contributed by atoms with Crippen molar-refractivity contribution >= 4 is 82.2 Å². The van der Waals surface area contributed by atoms with Crippen molar-refractivity contribution in [2.24, 2.45) is 0 Å². The molecule has 17 aromatic carbocycles. The minimum absolute atomic E-state index is 0.401. The van der Waals surface area contributed by atoms with Crippen LogP contribution in [0, 0.1) is 0 Å². The van der Waals surface area contributed by atoms with Crippen LogP contribution < -0.4 is 4.90 Å². The minimum atomic E-state index is -0.401. The first kappa shape index (κ1) is 65.4. The Labute approximate surface area is 634 Å². The number of hydrogen-bond donors (Lipinski definition) is 0. The van der Waals surface area contributed by atoms with Gasteiger partial charge in [-0.2, -0.15) is 0 Å². The van der Waals surface area contributed by atoms with Gasteiger partial charge < -0.3 is 9.47 Å². The van der Waals surface area contributed by atoms with Gasteiger partial charge in [0.05, 0.1) is 27.5 Å². The first-order chi connectivity index (χ1) is 54.1. The molecule has 20 aromatic rings. The fourth-order valence-corrected chi connectivity index (χ4v) is 16.7. The number of benzene rings is 17. The van der Waals surface area contributed by atoms with Gasteiger partial charge in [-0.05, 0) is 195 Å². The molecule has 1 aliphatic carbocycles. The Bertz CT molecular complexity index is 6520. The van der Waals surface area contributed by atoms with Crippen LogP contribution in [0.25, 0.3) is 138 Å². The highest BCUT2D eigenvalue weighted by Gasteiger charge is 2.46. The fourth-order valence-electron chi connectivity index (χ4n) is 16.7. The number of nitrogens with zero attached hydrogens (tertiary/aromatic N) is 4. The summed E-state index contributed by atoms with van der Waals surface area (Å²) in [5, 5.41) is 9.97. The number of rotatable bonds is 11. The zero-order valence-corrected chi connectivity index (χ0v) is 59.9. The number of aromatic nitrogens is 3. The normalized spacial score (nSPS) is 11.9. The second kappa shape index (κ2) is 28.6. The van der Waals surface area contributed by atoms with Crippen molar-refractivity contribution in [1.82, 2.24) is 14.5 Å². The number of anilines is 3. The smallest absolute Gasteiger partial charge is 0.0970 e. The Morgan fingerprint density at radius 1 is 0.220 bits per heavy atom. The van der Waals surface area contributed by atoms with Crippen LogP contribution in [-0.2, 0) is 5.41 Å². The van der Waals surface area contributed by atoms with Crippen molar-refractivity contribution in [1.29, 1.82) is 0 Å². The molecule has 0 radical (unpaired) electrons. The SMILES string of the molecule is c1ccc(-c2ccc(N(c3ccccc3)c3ccc(C4(c5ccccc5)c5ccccc5-c5ccccc54)cc3)cc2)cc1.c1ccc(-c2ccnc3c2ccc2c(-c4ccccc4)ccnc23)cc1.c1ccc(-n2c3ccccc3c3cc(-c4ccc(-c5cc6ccccc6c6ccccc56)cc4)ccc32)cc1. The van der Waals surface area contributed by atoms with E-state index in [1.165, 1.54) is 138 Å². The molecule has 0 saturated heterocycles. The summed E-state index contributed by atoms with van der Waals surface area (Å²) in [5.74, 6) is 0. The molecule has 0 unspecified atom stereocenters. The van der Waals surface area contributed by atoms with Gasteiger partial charge in [0.25, 0.3) is 0 Å². The molecule has 21 rings (SSSR count). The van der Waals surface area contributed by atoms with E-state index >= 15 is 0 Å². The third kappa shape index (κ3) is 12.0. The Morgan fingerprint density at radius 2 is 0.615 bits per heavy atom. The lowest BCUT2D eigenvalue weighted by Crippen LogP contribution is -2.28. The van der Waals surface area contributed by atoms with Crippen LogP contribution >= 0.6 is 0 Å². The standard InChI is InChI=1S/C43H31N.C38H25N.C24H16N2/c1-4-14-32(15-5-1)33-24-28-37(29-25-33)44(36-18-8-3-9-19-36)38-30-26-35(27-31-38)43(34-16-6-2-7-17-34)41-22-12-10-20-39(41)40-21-11-13-23-42(40)43;1-2-11-30(12-3-1)39-37-17-9-8-16-34(37)36-24-28(22-23-38(36)39)26-18-20-27(21-19-26)35-25-29-10-4-5-13-31(29)32-14-6-7-15-33(32)35;1-3-7-17(8-4-1)19-13-15-25-23-21(19)11-12-22-20(14-16-26-24(22)23)18-9-5-2-6-10-18/h1-31H;1-25H;1-16H. The second-order valence-electron chi connectivity index (χ2n) is 27.8. The summed E-state index contributed by atoms with van der Waals surface area (Å²) < 4.78 is 2.36. The molecule has 3 aromatic heterocycles. The van der Waals surface area contributed by atoms with Gasteiger partial charge >= 0.3 is 0 Å². The van der Waals surface area contributed by atoms with Crippen LogP contribution in [-0.4, -0.2) is 14.5 Å². The van der Waals surface area contributed by atoms with E-state index in [9.17, 15) is 0 Å².